The van der Waals surface area contributed by atoms with E-state index >= 15 is 0 Å². The SMILES string of the molecule is CN1CCN(S(=O)(=O)c2ccc(NCCC(c3ccccc3)c3ccccc3)nc2)CC1. The quantitative estimate of drug-likeness (QED) is 0.568. The summed E-state index contributed by atoms with van der Waals surface area (Å²) in [4.78, 5) is 6.75. The molecule has 1 aliphatic rings. The van der Waals surface area contributed by atoms with Crippen LogP contribution in [-0.2, 0) is 10.0 Å². The van der Waals surface area contributed by atoms with Crippen molar-refractivity contribution in [1.29, 1.82) is 0 Å². The van der Waals surface area contributed by atoms with Crippen molar-refractivity contribution in [2.75, 3.05) is 45.1 Å². The van der Waals surface area contributed by atoms with Crippen LogP contribution in [0.25, 0.3) is 0 Å². The molecule has 6 nitrogen and oxygen atoms in total. The van der Waals surface area contributed by atoms with Gasteiger partial charge in [0.15, 0.2) is 0 Å². The van der Waals surface area contributed by atoms with Gasteiger partial charge in [-0.1, -0.05) is 60.7 Å². The van der Waals surface area contributed by atoms with Gasteiger partial charge in [0.2, 0.25) is 10.0 Å². The highest BCUT2D eigenvalue weighted by Gasteiger charge is 2.27. The molecule has 0 spiro atoms. The van der Waals surface area contributed by atoms with Crippen molar-refractivity contribution in [3.63, 3.8) is 0 Å². The van der Waals surface area contributed by atoms with Crippen LogP contribution in [0.5, 0.6) is 0 Å². The molecule has 1 aromatic heterocycles. The van der Waals surface area contributed by atoms with Crippen molar-refractivity contribution in [2.24, 2.45) is 0 Å². The Morgan fingerprint density at radius 2 is 1.47 bits per heavy atom. The molecule has 0 radical (unpaired) electrons. The highest BCUT2D eigenvalue weighted by atomic mass is 32.2. The molecule has 4 rings (SSSR count). The summed E-state index contributed by atoms with van der Waals surface area (Å²) in [5.74, 6) is 0.962. The average Bonchev–Trinajstić information content (AvgIpc) is 2.83. The first-order valence-corrected chi connectivity index (χ1v) is 12.5. The molecule has 0 saturated carbocycles. The molecule has 168 valence electrons. The smallest absolute Gasteiger partial charge is 0.244 e. The second-order valence-electron chi connectivity index (χ2n) is 8.18. The van der Waals surface area contributed by atoms with Crippen LogP contribution in [0.2, 0.25) is 0 Å². The number of nitrogens with zero attached hydrogens (tertiary/aromatic N) is 3. The summed E-state index contributed by atoms with van der Waals surface area (Å²) in [6.07, 6.45) is 2.36. The minimum absolute atomic E-state index is 0.249. The summed E-state index contributed by atoms with van der Waals surface area (Å²) in [5.41, 5.74) is 2.56. The number of pyridine rings is 1. The molecule has 7 heteroatoms. The molecule has 1 fully saturated rings. The zero-order valence-corrected chi connectivity index (χ0v) is 19.2. The molecule has 1 N–H and O–H groups in total. The van der Waals surface area contributed by atoms with E-state index in [-0.39, 0.29) is 10.8 Å². The van der Waals surface area contributed by atoms with Gasteiger partial charge in [0.25, 0.3) is 0 Å². The third-order valence-corrected chi connectivity index (χ3v) is 7.86. The van der Waals surface area contributed by atoms with Crippen LogP contribution >= 0.6 is 0 Å². The average molecular weight is 451 g/mol. The fourth-order valence-electron chi connectivity index (χ4n) is 4.06. The minimum atomic E-state index is -3.49. The van der Waals surface area contributed by atoms with E-state index in [2.05, 4.69) is 63.7 Å². The van der Waals surface area contributed by atoms with Gasteiger partial charge in [-0.3, -0.25) is 0 Å². The number of hydrogen-bond donors (Lipinski definition) is 1. The Balaban J connectivity index is 1.39. The summed E-state index contributed by atoms with van der Waals surface area (Å²) < 4.78 is 27.3. The van der Waals surface area contributed by atoms with E-state index in [9.17, 15) is 8.42 Å². The van der Waals surface area contributed by atoms with Crippen LogP contribution < -0.4 is 5.32 Å². The molecular formula is C25H30N4O2S. The van der Waals surface area contributed by atoms with Crippen LogP contribution in [0.4, 0.5) is 5.82 Å². The van der Waals surface area contributed by atoms with Gasteiger partial charge in [-0.05, 0) is 36.7 Å². The molecule has 3 aromatic rings. The van der Waals surface area contributed by atoms with Crippen LogP contribution in [0.1, 0.15) is 23.5 Å². The maximum atomic E-state index is 12.9. The maximum Gasteiger partial charge on any atom is 0.244 e. The third-order valence-electron chi connectivity index (χ3n) is 5.98. The van der Waals surface area contributed by atoms with Crippen LogP contribution in [0, 0.1) is 0 Å². The molecule has 0 bridgehead atoms. The van der Waals surface area contributed by atoms with Gasteiger partial charge in [0.05, 0.1) is 0 Å². The van der Waals surface area contributed by atoms with Gasteiger partial charge < -0.3 is 10.2 Å². The number of likely N-dealkylation sites (N-methyl/N-ethyl adjacent to an activating group) is 1. The molecule has 1 aliphatic heterocycles. The summed E-state index contributed by atoms with van der Waals surface area (Å²) >= 11 is 0. The molecule has 0 atom stereocenters. The first-order valence-electron chi connectivity index (χ1n) is 11.0. The number of anilines is 1. The van der Waals surface area contributed by atoms with E-state index < -0.39 is 10.0 Å². The highest BCUT2D eigenvalue weighted by molar-refractivity contribution is 7.89. The third kappa shape index (κ3) is 5.35. The second kappa shape index (κ2) is 10.3. The number of rotatable bonds is 8. The summed E-state index contributed by atoms with van der Waals surface area (Å²) in [7, 11) is -1.49. The van der Waals surface area contributed by atoms with Gasteiger partial charge >= 0.3 is 0 Å². The van der Waals surface area contributed by atoms with E-state index in [1.807, 2.05) is 19.2 Å². The lowest BCUT2D eigenvalue weighted by Gasteiger charge is -2.31. The number of hydrogen-bond acceptors (Lipinski definition) is 5. The molecule has 32 heavy (non-hydrogen) atoms. The van der Waals surface area contributed by atoms with Crippen LogP contribution in [-0.4, -0.2) is 62.4 Å². The minimum Gasteiger partial charge on any atom is -0.370 e. The van der Waals surface area contributed by atoms with Crippen molar-refractivity contribution >= 4 is 15.8 Å². The Morgan fingerprint density at radius 3 is 2.00 bits per heavy atom. The molecular weight excluding hydrogens is 420 g/mol. The molecule has 0 aliphatic carbocycles. The number of piperazine rings is 1. The lowest BCUT2D eigenvalue weighted by Crippen LogP contribution is -2.47. The first-order chi connectivity index (χ1) is 15.5. The van der Waals surface area contributed by atoms with Gasteiger partial charge in [-0.25, -0.2) is 13.4 Å². The Labute approximate surface area is 191 Å². The molecule has 1 saturated heterocycles. The second-order valence-corrected chi connectivity index (χ2v) is 10.1. The summed E-state index contributed by atoms with van der Waals surface area (Å²) in [6.45, 7) is 3.25. The van der Waals surface area contributed by atoms with Gasteiger partial charge in [-0.2, -0.15) is 4.31 Å². The lowest BCUT2D eigenvalue weighted by molar-refractivity contribution is 0.222. The maximum absolute atomic E-state index is 12.9. The monoisotopic (exact) mass is 450 g/mol. The topological polar surface area (TPSA) is 65.5 Å². The predicted octanol–water partition coefficient (Wildman–Crippen LogP) is 3.65. The summed E-state index contributed by atoms with van der Waals surface area (Å²) in [6, 6.07) is 24.4. The Bertz CT molecular complexity index is 1040. The van der Waals surface area contributed by atoms with E-state index in [0.717, 1.165) is 26.1 Å². The van der Waals surface area contributed by atoms with E-state index in [0.29, 0.717) is 18.9 Å². The molecule has 2 aromatic carbocycles. The largest absolute Gasteiger partial charge is 0.370 e. The van der Waals surface area contributed by atoms with Crippen molar-refractivity contribution in [2.45, 2.75) is 17.2 Å². The molecule has 0 amide bonds. The van der Waals surface area contributed by atoms with E-state index in [1.165, 1.54) is 17.3 Å². The molecule has 2 heterocycles. The van der Waals surface area contributed by atoms with Crippen LogP contribution in [0.3, 0.4) is 0 Å². The highest BCUT2D eigenvalue weighted by Crippen LogP contribution is 2.28. The van der Waals surface area contributed by atoms with Crippen molar-refractivity contribution in [1.82, 2.24) is 14.2 Å². The van der Waals surface area contributed by atoms with Crippen molar-refractivity contribution in [3.8, 4) is 0 Å². The van der Waals surface area contributed by atoms with Crippen molar-refractivity contribution in [3.05, 3.63) is 90.1 Å². The predicted molar refractivity (Wildman–Crippen MR) is 128 cm³/mol. The van der Waals surface area contributed by atoms with Gasteiger partial charge in [0.1, 0.15) is 10.7 Å². The zero-order chi connectivity index (χ0) is 22.4. The fraction of sp³-hybridized carbons (Fsp3) is 0.320. The first kappa shape index (κ1) is 22.5. The number of sulfonamides is 1. The van der Waals surface area contributed by atoms with Crippen molar-refractivity contribution < 1.29 is 8.42 Å². The van der Waals surface area contributed by atoms with Crippen LogP contribution in [0.15, 0.2) is 83.9 Å². The van der Waals surface area contributed by atoms with Gasteiger partial charge in [-0.15, -0.1) is 0 Å². The summed E-state index contributed by atoms with van der Waals surface area (Å²) in [5, 5.41) is 3.35. The Morgan fingerprint density at radius 1 is 0.875 bits per heavy atom. The lowest BCUT2D eigenvalue weighted by atomic mass is 9.88. The number of aromatic nitrogens is 1. The molecule has 0 unspecified atom stereocenters. The standard InChI is InChI=1S/C25H30N4O2S/c1-28-16-18-29(19-17-28)32(30,31)23-12-13-25(27-20-23)26-15-14-24(21-8-4-2-5-9-21)22-10-6-3-7-11-22/h2-13,20,24H,14-19H2,1H3,(H,26,27). The van der Waals surface area contributed by atoms with E-state index in [1.54, 1.807) is 16.4 Å². The number of nitrogens with one attached hydrogen (secondary N) is 1. The Hall–Kier alpha value is -2.74. The normalized spacial score (nSPS) is 15.7. The zero-order valence-electron chi connectivity index (χ0n) is 18.4. The van der Waals surface area contributed by atoms with Gasteiger partial charge in [0, 0.05) is 44.8 Å². The van der Waals surface area contributed by atoms with E-state index in [4.69, 9.17) is 0 Å². The Kier molecular flexibility index (Phi) is 7.19. The fourth-order valence-corrected chi connectivity index (χ4v) is 5.42. The number of benzene rings is 2.